The molecule has 0 bridgehead atoms. The fraction of sp³-hybridized carbons (Fsp3) is 0.450. The molecule has 1 amide bonds. The van der Waals surface area contributed by atoms with Crippen molar-refractivity contribution in [1.29, 1.82) is 0 Å². The lowest BCUT2D eigenvalue weighted by Crippen LogP contribution is -2.33. The van der Waals surface area contributed by atoms with Crippen molar-refractivity contribution in [2.24, 2.45) is 0 Å². The molecule has 3 aromatic rings. The number of carbonyl (C=O) groups excluding carboxylic acids is 1. The van der Waals surface area contributed by atoms with Crippen molar-refractivity contribution in [3.63, 3.8) is 0 Å². The van der Waals surface area contributed by atoms with E-state index in [1.807, 2.05) is 45.9 Å². The molecule has 8 heteroatoms. The first kappa shape index (κ1) is 19.7. The number of carbonyl (C=O) groups is 1. The molecule has 1 aromatic carbocycles. The van der Waals surface area contributed by atoms with Crippen molar-refractivity contribution in [2.75, 3.05) is 13.7 Å². The number of ether oxygens (including phenoxy) is 2. The maximum atomic E-state index is 13.1. The molecule has 0 spiro atoms. The molecular formula is C20H26N4O4. The van der Waals surface area contributed by atoms with E-state index < -0.39 is 11.7 Å². The molecule has 0 radical (unpaired) electrons. The number of benzene rings is 1. The molecule has 3 rings (SSSR count). The molecule has 8 nitrogen and oxygen atoms in total. The number of methoxy groups -OCH3 is 1. The average molecular weight is 386 g/mol. The van der Waals surface area contributed by atoms with Crippen molar-refractivity contribution in [3.8, 4) is 5.75 Å². The van der Waals surface area contributed by atoms with E-state index in [4.69, 9.17) is 9.47 Å². The Hall–Kier alpha value is -3.03. The van der Waals surface area contributed by atoms with Crippen molar-refractivity contribution < 1.29 is 14.3 Å². The first-order valence-electron chi connectivity index (χ1n) is 9.23. The molecule has 0 aliphatic heterocycles. The Morgan fingerprint density at radius 2 is 2.07 bits per heavy atom. The number of nitrogens with zero attached hydrogens (tertiary/aromatic N) is 2. The topological polar surface area (TPSA) is 98.2 Å². The van der Waals surface area contributed by atoms with E-state index in [2.05, 4.69) is 15.5 Å². The summed E-state index contributed by atoms with van der Waals surface area (Å²) in [5.41, 5.74) is 1.50. The van der Waals surface area contributed by atoms with Gasteiger partial charge in [-0.05, 0) is 52.3 Å². The van der Waals surface area contributed by atoms with Gasteiger partial charge in [-0.3, -0.25) is 9.89 Å². The predicted octanol–water partition coefficient (Wildman–Crippen LogP) is 3.11. The number of nitrogens with one attached hydrogen (secondary N) is 2. The number of alkyl carbamates (subject to hydrolysis) is 1. The van der Waals surface area contributed by atoms with Gasteiger partial charge in [-0.15, -0.1) is 0 Å². The zero-order valence-corrected chi connectivity index (χ0v) is 16.9. The standard InChI is InChI=1S/C20H26N4O4/c1-12-16-17(23-22-12)14-11-13(27-5)7-8-15(14)24(18(16)25)10-6-9-21-19(26)28-20(2,3)4/h7-8,11H,6,9-10H2,1-5H3,(H,21,26)(H,22,23). The molecule has 0 saturated heterocycles. The number of aryl methyl sites for hydroxylation is 2. The lowest BCUT2D eigenvalue weighted by molar-refractivity contribution is 0.0526. The van der Waals surface area contributed by atoms with E-state index in [1.165, 1.54) is 0 Å². The molecule has 0 aliphatic carbocycles. The molecule has 0 aliphatic rings. The molecular weight excluding hydrogens is 360 g/mol. The van der Waals surface area contributed by atoms with Gasteiger partial charge in [-0.1, -0.05) is 0 Å². The van der Waals surface area contributed by atoms with Crippen LogP contribution in [0, 0.1) is 6.92 Å². The van der Waals surface area contributed by atoms with E-state index in [0.717, 1.165) is 16.6 Å². The Bertz CT molecular complexity index is 1080. The Labute approximate surface area is 162 Å². The molecule has 2 heterocycles. The molecule has 2 aromatic heterocycles. The zero-order valence-electron chi connectivity index (χ0n) is 16.9. The summed E-state index contributed by atoms with van der Waals surface area (Å²) in [6.07, 6.45) is 0.124. The largest absolute Gasteiger partial charge is 0.497 e. The fourth-order valence-corrected chi connectivity index (χ4v) is 3.16. The third kappa shape index (κ3) is 3.95. The van der Waals surface area contributed by atoms with Crippen molar-refractivity contribution in [3.05, 3.63) is 34.2 Å². The summed E-state index contributed by atoms with van der Waals surface area (Å²) in [6, 6.07) is 5.57. The number of aromatic nitrogens is 3. The lowest BCUT2D eigenvalue weighted by Gasteiger charge is -2.19. The van der Waals surface area contributed by atoms with E-state index in [-0.39, 0.29) is 5.56 Å². The fourth-order valence-electron chi connectivity index (χ4n) is 3.16. The van der Waals surface area contributed by atoms with Gasteiger partial charge in [0.1, 0.15) is 16.9 Å². The number of fused-ring (bicyclic) bond motifs is 3. The molecule has 0 saturated carbocycles. The second-order valence-electron chi connectivity index (χ2n) is 7.69. The van der Waals surface area contributed by atoms with E-state index in [0.29, 0.717) is 36.2 Å². The summed E-state index contributed by atoms with van der Waals surface area (Å²) in [5.74, 6) is 0.700. The number of rotatable bonds is 5. The normalized spacial score (nSPS) is 11.8. The second kappa shape index (κ2) is 7.53. The third-order valence-electron chi connectivity index (χ3n) is 4.38. The molecule has 0 unspecified atom stereocenters. The van der Waals surface area contributed by atoms with Crippen LogP contribution in [0.2, 0.25) is 0 Å². The van der Waals surface area contributed by atoms with Gasteiger partial charge in [0.15, 0.2) is 0 Å². The van der Waals surface area contributed by atoms with Crippen LogP contribution >= 0.6 is 0 Å². The van der Waals surface area contributed by atoms with Crippen LogP contribution in [-0.4, -0.2) is 40.1 Å². The number of hydrogen-bond acceptors (Lipinski definition) is 5. The van der Waals surface area contributed by atoms with Gasteiger partial charge in [-0.25, -0.2) is 4.79 Å². The summed E-state index contributed by atoms with van der Waals surface area (Å²) in [7, 11) is 1.60. The molecule has 0 fully saturated rings. The van der Waals surface area contributed by atoms with E-state index in [9.17, 15) is 9.59 Å². The van der Waals surface area contributed by atoms with Gasteiger partial charge in [0.2, 0.25) is 0 Å². The number of aromatic amines is 1. The Morgan fingerprint density at radius 3 is 2.75 bits per heavy atom. The number of amides is 1. The van der Waals surface area contributed by atoms with Crippen molar-refractivity contribution in [2.45, 2.75) is 46.3 Å². The summed E-state index contributed by atoms with van der Waals surface area (Å²) >= 11 is 0. The van der Waals surface area contributed by atoms with Gasteiger partial charge in [0, 0.05) is 24.2 Å². The van der Waals surface area contributed by atoms with Crippen LogP contribution in [0.1, 0.15) is 32.9 Å². The highest BCUT2D eigenvalue weighted by molar-refractivity contribution is 6.04. The van der Waals surface area contributed by atoms with Gasteiger partial charge in [0.25, 0.3) is 5.56 Å². The SMILES string of the molecule is COc1ccc2c(c1)c1n[nH]c(C)c1c(=O)n2CCCNC(=O)OC(C)(C)C. The Kier molecular flexibility index (Phi) is 5.31. The molecule has 28 heavy (non-hydrogen) atoms. The van der Waals surface area contributed by atoms with Gasteiger partial charge in [0.05, 0.1) is 18.0 Å². The number of pyridine rings is 1. The smallest absolute Gasteiger partial charge is 0.407 e. The minimum Gasteiger partial charge on any atom is -0.497 e. The minimum absolute atomic E-state index is 0.101. The van der Waals surface area contributed by atoms with Crippen LogP contribution in [-0.2, 0) is 11.3 Å². The summed E-state index contributed by atoms with van der Waals surface area (Å²) in [5, 5.41) is 11.4. The highest BCUT2D eigenvalue weighted by Crippen LogP contribution is 2.26. The third-order valence-corrected chi connectivity index (χ3v) is 4.38. The second-order valence-corrected chi connectivity index (χ2v) is 7.69. The maximum absolute atomic E-state index is 13.1. The number of H-pyrrole nitrogens is 1. The van der Waals surface area contributed by atoms with Gasteiger partial charge < -0.3 is 19.4 Å². The average Bonchev–Trinajstić information content (AvgIpc) is 3.01. The highest BCUT2D eigenvalue weighted by atomic mass is 16.6. The highest BCUT2D eigenvalue weighted by Gasteiger charge is 2.17. The van der Waals surface area contributed by atoms with Crippen LogP contribution in [0.5, 0.6) is 5.75 Å². The van der Waals surface area contributed by atoms with Gasteiger partial charge >= 0.3 is 6.09 Å². The molecule has 2 N–H and O–H groups in total. The first-order valence-corrected chi connectivity index (χ1v) is 9.23. The Morgan fingerprint density at radius 1 is 1.32 bits per heavy atom. The number of hydrogen-bond donors (Lipinski definition) is 2. The minimum atomic E-state index is -0.542. The zero-order chi connectivity index (χ0) is 20.5. The first-order chi connectivity index (χ1) is 13.2. The summed E-state index contributed by atoms with van der Waals surface area (Å²) in [6.45, 7) is 8.13. The van der Waals surface area contributed by atoms with E-state index >= 15 is 0 Å². The quantitative estimate of drug-likeness (QED) is 0.657. The van der Waals surface area contributed by atoms with Gasteiger partial charge in [-0.2, -0.15) is 5.10 Å². The molecule has 150 valence electrons. The maximum Gasteiger partial charge on any atom is 0.407 e. The predicted molar refractivity (Wildman–Crippen MR) is 108 cm³/mol. The monoisotopic (exact) mass is 386 g/mol. The van der Waals surface area contributed by atoms with Crippen LogP contribution in [0.25, 0.3) is 21.8 Å². The van der Waals surface area contributed by atoms with Crippen molar-refractivity contribution >= 4 is 27.9 Å². The van der Waals surface area contributed by atoms with Crippen LogP contribution in [0.3, 0.4) is 0 Å². The van der Waals surface area contributed by atoms with Crippen LogP contribution in [0.15, 0.2) is 23.0 Å². The summed E-state index contributed by atoms with van der Waals surface area (Å²) < 4.78 is 12.3. The Balaban J connectivity index is 1.88. The lowest BCUT2D eigenvalue weighted by atomic mass is 10.1. The van der Waals surface area contributed by atoms with E-state index in [1.54, 1.807) is 11.7 Å². The van der Waals surface area contributed by atoms with Crippen LogP contribution < -0.4 is 15.6 Å². The summed E-state index contributed by atoms with van der Waals surface area (Å²) in [4.78, 5) is 24.8. The van der Waals surface area contributed by atoms with Crippen molar-refractivity contribution in [1.82, 2.24) is 20.1 Å². The van der Waals surface area contributed by atoms with Crippen LogP contribution in [0.4, 0.5) is 4.79 Å². The molecule has 0 atom stereocenters.